The molecule has 0 saturated carbocycles. The molecular formula is C14H22BrNO3. The molecule has 1 atom stereocenters. The molecular weight excluding hydrogens is 310 g/mol. The van der Waals surface area contributed by atoms with Gasteiger partial charge in [0.2, 0.25) is 0 Å². The number of hydrogen-bond acceptors (Lipinski definition) is 4. The molecule has 0 spiro atoms. The second-order valence-electron chi connectivity index (χ2n) is 4.52. The first-order chi connectivity index (χ1) is 9.04. The van der Waals surface area contributed by atoms with Crippen molar-refractivity contribution in [2.45, 2.75) is 20.0 Å². The maximum atomic E-state index is 9.81. The van der Waals surface area contributed by atoms with Gasteiger partial charge in [0.05, 0.1) is 25.9 Å². The molecule has 2 N–H and O–H groups in total. The van der Waals surface area contributed by atoms with Crippen LogP contribution in [0.25, 0.3) is 0 Å². The zero-order valence-electron chi connectivity index (χ0n) is 11.7. The van der Waals surface area contributed by atoms with E-state index in [1.807, 2.05) is 13.8 Å². The minimum Gasteiger partial charge on any atom is -0.389 e. The zero-order valence-corrected chi connectivity index (χ0v) is 13.3. The summed E-state index contributed by atoms with van der Waals surface area (Å²) >= 11 is 3.47. The van der Waals surface area contributed by atoms with Gasteiger partial charge in [0.1, 0.15) is 0 Å². The number of aliphatic hydroxyl groups excluding tert-OH is 1. The molecule has 4 nitrogen and oxygen atoms in total. The van der Waals surface area contributed by atoms with E-state index in [0.717, 1.165) is 21.3 Å². The monoisotopic (exact) mass is 331 g/mol. The van der Waals surface area contributed by atoms with E-state index in [4.69, 9.17) is 9.47 Å². The Balaban J connectivity index is 2.40. The Labute approximate surface area is 123 Å². The Morgan fingerprint density at radius 2 is 1.89 bits per heavy atom. The first-order valence-corrected chi connectivity index (χ1v) is 7.09. The maximum Gasteiger partial charge on any atom is 0.0945 e. The van der Waals surface area contributed by atoms with E-state index in [-0.39, 0.29) is 0 Å². The van der Waals surface area contributed by atoms with E-state index in [2.05, 4.69) is 33.4 Å². The average Bonchev–Trinajstić information content (AvgIpc) is 2.33. The smallest absolute Gasteiger partial charge is 0.0945 e. The number of rotatable bonds is 8. The molecule has 1 aromatic carbocycles. The van der Waals surface area contributed by atoms with E-state index >= 15 is 0 Å². The Hall–Kier alpha value is -0.620. The van der Waals surface area contributed by atoms with Crippen LogP contribution in [-0.2, 0) is 9.47 Å². The van der Waals surface area contributed by atoms with Crippen LogP contribution >= 0.6 is 15.9 Å². The van der Waals surface area contributed by atoms with Gasteiger partial charge in [-0.15, -0.1) is 0 Å². The molecule has 0 saturated heterocycles. The third-order valence-corrected chi connectivity index (χ3v) is 3.21. The van der Waals surface area contributed by atoms with Crippen molar-refractivity contribution in [3.63, 3.8) is 0 Å². The number of benzene rings is 1. The summed E-state index contributed by atoms with van der Waals surface area (Å²) in [5.74, 6) is 0. The van der Waals surface area contributed by atoms with Crippen molar-refractivity contribution in [3.8, 4) is 0 Å². The van der Waals surface area contributed by atoms with Gasteiger partial charge in [-0.2, -0.15) is 0 Å². The molecule has 0 aromatic heterocycles. The molecule has 19 heavy (non-hydrogen) atoms. The Bertz CT molecular complexity index is 375. The van der Waals surface area contributed by atoms with E-state index in [1.54, 1.807) is 7.11 Å². The Morgan fingerprint density at radius 3 is 2.47 bits per heavy atom. The number of hydrogen-bond donors (Lipinski definition) is 2. The third kappa shape index (κ3) is 5.91. The van der Waals surface area contributed by atoms with Crippen LogP contribution in [0.2, 0.25) is 0 Å². The lowest BCUT2D eigenvalue weighted by molar-refractivity contribution is 0.0182. The van der Waals surface area contributed by atoms with Crippen molar-refractivity contribution in [3.05, 3.63) is 27.7 Å². The van der Waals surface area contributed by atoms with Crippen molar-refractivity contribution < 1.29 is 14.6 Å². The molecule has 0 heterocycles. The first kappa shape index (κ1) is 16.4. The predicted molar refractivity (Wildman–Crippen MR) is 80.8 cm³/mol. The summed E-state index contributed by atoms with van der Waals surface area (Å²) in [5, 5.41) is 13.1. The van der Waals surface area contributed by atoms with E-state index in [9.17, 15) is 5.11 Å². The van der Waals surface area contributed by atoms with Gasteiger partial charge < -0.3 is 19.9 Å². The fraction of sp³-hybridized carbons (Fsp3) is 0.571. The second kappa shape index (κ2) is 8.53. The lowest BCUT2D eigenvalue weighted by Crippen LogP contribution is -2.26. The minimum absolute atomic E-state index is 0.310. The quantitative estimate of drug-likeness (QED) is 0.718. The summed E-state index contributed by atoms with van der Waals surface area (Å²) in [6, 6.07) is 4.10. The summed E-state index contributed by atoms with van der Waals surface area (Å²) < 4.78 is 11.2. The molecule has 0 radical (unpaired) electrons. The van der Waals surface area contributed by atoms with Crippen LogP contribution in [0.4, 0.5) is 5.69 Å². The van der Waals surface area contributed by atoms with Crippen molar-refractivity contribution in [2.75, 3.05) is 38.8 Å². The summed E-state index contributed by atoms with van der Waals surface area (Å²) in [6.45, 7) is 5.92. The number of halogens is 1. The Kier molecular flexibility index (Phi) is 7.38. The lowest BCUT2D eigenvalue weighted by Gasteiger charge is -2.16. The largest absolute Gasteiger partial charge is 0.389 e. The number of anilines is 1. The fourth-order valence-electron chi connectivity index (χ4n) is 1.83. The van der Waals surface area contributed by atoms with Crippen LogP contribution in [0, 0.1) is 13.8 Å². The van der Waals surface area contributed by atoms with E-state index < -0.39 is 6.10 Å². The van der Waals surface area contributed by atoms with Crippen LogP contribution in [0.1, 0.15) is 11.1 Å². The number of methoxy groups -OCH3 is 1. The number of aryl methyl sites for hydroxylation is 2. The Morgan fingerprint density at radius 1 is 1.26 bits per heavy atom. The summed E-state index contributed by atoms with van der Waals surface area (Å²) in [5.41, 5.74) is 3.37. The highest BCUT2D eigenvalue weighted by Gasteiger charge is 2.08. The van der Waals surface area contributed by atoms with Crippen LogP contribution in [-0.4, -0.2) is 44.7 Å². The highest BCUT2D eigenvalue weighted by Crippen LogP contribution is 2.24. The van der Waals surface area contributed by atoms with Gasteiger partial charge in [-0.25, -0.2) is 0 Å². The molecule has 0 aliphatic rings. The van der Waals surface area contributed by atoms with Gasteiger partial charge in [-0.3, -0.25) is 0 Å². The first-order valence-electron chi connectivity index (χ1n) is 6.30. The molecule has 0 aliphatic carbocycles. The molecule has 1 rings (SSSR count). The molecule has 0 amide bonds. The fourth-order valence-corrected chi connectivity index (χ4v) is 2.52. The van der Waals surface area contributed by atoms with Crippen LogP contribution in [0.5, 0.6) is 0 Å². The molecule has 0 aliphatic heterocycles. The van der Waals surface area contributed by atoms with Gasteiger partial charge in [0.25, 0.3) is 0 Å². The number of nitrogens with one attached hydrogen (secondary N) is 1. The van der Waals surface area contributed by atoms with E-state index in [1.165, 1.54) is 0 Å². The van der Waals surface area contributed by atoms with Crippen molar-refractivity contribution in [2.24, 2.45) is 0 Å². The lowest BCUT2D eigenvalue weighted by atomic mass is 10.1. The highest BCUT2D eigenvalue weighted by atomic mass is 79.9. The van der Waals surface area contributed by atoms with Gasteiger partial charge in [-0.05, 0) is 37.1 Å². The van der Waals surface area contributed by atoms with Gasteiger partial charge >= 0.3 is 0 Å². The average molecular weight is 332 g/mol. The summed E-state index contributed by atoms with van der Waals surface area (Å²) in [4.78, 5) is 0. The zero-order chi connectivity index (χ0) is 14.3. The van der Waals surface area contributed by atoms with Crippen LogP contribution in [0.15, 0.2) is 16.6 Å². The van der Waals surface area contributed by atoms with Crippen LogP contribution < -0.4 is 5.32 Å². The third-order valence-electron chi connectivity index (χ3n) is 2.75. The standard InChI is InChI=1S/C14H22BrNO3/c1-10-6-12(15)7-11(2)14(10)16-8-13(17)9-19-5-4-18-3/h6-7,13,16-17H,4-5,8-9H2,1-3H3. The summed E-state index contributed by atoms with van der Waals surface area (Å²) in [7, 11) is 1.63. The van der Waals surface area contributed by atoms with Gasteiger partial charge in [0.15, 0.2) is 0 Å². The van der Waals surface area contributed by atoms with Crippen molar-refractivity contribution >= 4 is 21.6 Å². The second-order valence-corrected chi connectivity index (χ2v) is 5.43. The highest BCUT2D eigenvalue weighted by molar-refractivity contribution is 9.10. The summed E-state index contributed by atoms with van der Waals surface area (Å²) in [6.07, 6.45) is -0.528. The molecule has 1 aromatic rings. The normalized spacial score (nSPS) is 12.5. The number of aliphatic hydroxyl groups is 1. The SMILES string of the molecule is COCCOCC(O)CNc1c(C)cc(Br)cc1C. The van der Waals surface area contributed by atoms with Crippen molar-refractivity contribution in [1.82, 2.24) is 0 Å². The molecule has 1 unspecified atom stereocenters. The van der Waals surface area contributed by atoms with Crippen molar-refractivity contribution in [1.29, 1.82) is 0 Å². The molecule has 0 bridgehead atoms. The molecule has 5 heteroatoms. The predicted octanol–water partition coefficient (Wildman–Crippen LogP) is 2.50. The molecule has 108 valence electrons. The van der Waals surface area contributed by atoms with Gasteiger partial charge in [-0.1, -0.05) is 15.9 Å². The number of ether oxygens (including phenoxy) is 2. The minimum atomic E-state index is -0.528. The topological polar surface area (TPSA) is 50.7 Å². The van der Waals surface area contributed by atoms with Crippen LogP contribution in [0.3, 0.4) is 0 Å². The van der Waals surface area contributed by atoms with E-state index in [0.29, 0.717) is 26.4 Å². The maximum absolute atomic E-state index is 9.81. The van der Waals surface area contributed by atoms with Gasteiger partial charge in [0, 0.05) is 23.8 Å². The molecule has 0 fully saturated rings.